The topological polar surface area (TPSA) is 63.2 Å². The van der Waals surface area contributed by atoms with Crippen LogP contribution < -0.4 is 19.8 Å². The summed E-state index contributed by atoms with van der Waals surface area (Å²) in [5.74, 6) is 0.881. The summed E-state index contributed by atoms with van der Waals surface area (Å²) >= 11 is 0. The third kappa shape index (κ3) is 5.03. The van der Waals surface area contributed by atoms with Gasteiger partial charge in [-0.1, -0.05) is 38.1 Å². The quantitative estimate of drug-likeness (QED) is 0.561. The summed E-state index contributed by atoms with van der Waals surface area (Å²) in [6, 6.07) is 15.5. The molecule has 0 fully saturated rings. The largest absolute Gasteiger partial charge is 0.485 e. The Bertz CT molecular complexity index is 799. The predicted molar refractivity (Wildman–Crippen MR) is 111 cm³/mol. The van der Waals surface area contributed by atoms with Crippen molar-refractivity contribution in [2.75, 3.05) is 24.6 Å². The van der Waals surface area contributed by atoms with Crippen LogP contribution in [0.5, 0.6) is 11.5 Å². The maximum absolute atomic E-state index is 12.2. The van der Waals surface area contributed by atoms with E-state index in [-0.39, 0.29) is 12.5 Å². The van der Waals surface area contributed by atoms with Crippen molar-refractivity contribution in [1.29, 1.82) is 0 Å². The number of anilines is 1. The summed E-state index contributed by atoms with van der Waals surface area (Å²) in [5.41, 5.74) is 4.65. The number of ether oxygens (including phenoxy) is 2. The molecule has 0 saturated carbocycles. The first-order chi connectivity index (χ1) is 13.7. The van der Waals surface area contributed by atoms with E-state index in [4.69, 9.17) is 9.47 Å². The van der Waals surface area contributed by atoms with Gasteiger partial charge in [0, 0.05) is 18.8 Å². The van der Waals surface area contributed by atoms with Crippen LogP contribution in [0.1, 0.15) is 32.3 Å². The zero-order chi connectivity index (χ0) is 19.8. The second-order valence-corrected chi connectivity index (χ2v) is 6.68. The van der Waals surface area contributed by atoms with Crippen LogP contribution in [0.4, 0.5) is 5.69 Å². The molecule has 6 heteroatoms. The molecule has 0 aliphatic carbocycles. The molecule has 1 aliphatic rings. The van der Waals surface area contributed by atoms with Gasteiger partial charge in [0.2, 0.25) is 6.10 Å². The second kappa shape index (κ2) is 9.78. The molecule has 1 N–H and O–H groups in total. The van der Waals surface area contributed by atoms with Gasteiger partial charge in [-0.3, -0.25) is 4.79 Å². The molecular formula is C22H27N3O3. The molecule has 2 aromatic rings. The molecule has 1 amide bonds. The van der Waals surface area contributed by atoms with E-state index in [1.165, 1.54) is 5.69 Å². The van der Waals surface area contributed by atoms with Gasteiger partial charge in [-0.15, -0.1) is 0 Å². The Morgan fingerprint density at radius 1 is 1.11 bits per heavy atom. The number of carbonyl (C=O) groups excluding carboxylic acids is 1. The second-order valence-electron chi connectivity index (χ2n) is 6.68. The first kappa shape index (κ1) is 19.7. The van der Waals surface area contributed by atoms with Gasteiger partial charge in [0.1, 0.15) is 6.61 Å². The number of fused-ring (bicyclic) bond motifs is 1. The van der Waals surface area contributed by atoms with Crippen molar-refractivity contribution in [3.63, 3.8) is 0 Å². The molecule has 148 valence electrons. The Kier molecular flexibility index (Phi) is 6.89. The average Bonchev–Trinajstić information content (AvgIpc) is 2.73. The molecule has 1 aliphatic heterocycles. The third-order valence-corrected chi connectivity index (χ3v) is 4.43. The molecule has 0 radical (unpaired) electrons. The maximum atomic E-state index is 12.2. The van der Waals surface area contributed by atoms with Crippen LogP contribution in [-0.2, 0) is 4.79 Å². The van der Waals surface area contributed by atoms with Gasteiger partial charge in [-0.25, -0.2) is 5.43 Å². The van der Waals surface area contributed by atoms with E-state index < -0.39 is 6.10 Å². The monoisotopic (exact) mass is 381 g/mol. The summed E-state index contributed by atoms with van der Waals surface area (Å²) in [6.07, 6.45) is 3.15. The number of amides is 1. The number of para-hydroxylation sites is 2. The lowest BCUT2D eigenvalue weighted by molar-refractivity contribution is -0.130. The van der Waals surface area contributed by atoms with Crippen molar-refractivity contribution in [3.8, 4) is 11.5 Å². The van der Waals surface area contributed by atoms with Crippen LogP contribution >= 0.6 is 0 Å². The molecule has 1 atom stereocenters. The van der Waals surface area contributed by atoms with Crippen molar-refractivity contribution < 1.29 is 14.3 Å². The molecule has 0 spiro atoms. The lowest BCUT2D eigenvalue weighted by atomic mass is 10.2. The standard InChI is InChI=1S/C22H27N3O3/c1-3-13-25(14-4-2)18-11-9-17(10-12-18)15-23-24-22(26)21-16-27-19-7-5-6-8-20(19)28-21/h5-12,15,21H,3-4,13-14,16H2,1-2H3,(H,24,26)/b23-15-. The zero-order valence-corrected chi connectivity index (χ0v) is 16.4. The van der Waals surface area contributed by atoms with Crippen LogP contribution in [0.2, 0.25) is 0 Å². The van der Waals surface area contributed by atoms with Gasteiger partial charge in [0.15, 0.2) is 11.5 Å². The summed E-state index contributed by atoms with van der Waals surface area (Å²) in [6.45, 7) is 6.63. The summed E-state index contributed by atoms with van der Waals surface area (Å²) in [4.78, 5) is 14.6. The zero-order valence-electron chi connectivity index (χ0n) is 16.4. The van der Waals surface area contributed by atoms with Crippen molar-refractivity contribution in [2.45, 2.75) is 32.8 Å². The lowest BCUT2D eigenvalue weighted by Gasteiger charge is -2.24. The number of nitrogens with one attached hydrogen (secondary N) is 1. The van der Waals surface area contributed by atoms with Gasteiger partial charge < -0.3 is 14.4 Å². The van der Waals surface area contributed by atoms with E-state index in [9.17, 15) is 4.79 Å². The summed E-state index contributed by atoms with van der Waals surface area (Å²) in [5, 5.41) is 4.05. The van der Waals surface area contributed by atoms with Gasteiger partial charge in [0.05, 0.1) is 6.21 Å². The molecular weight excluding hydrogens is 354 g/mol. The van der Waals surface area contributed by atoms with Crippen LogP contribution in [0.15, 0.2) is 53.6 Å². The first-order valence-corrected chi connectivity index (χ1v) is 9.77. The van der Waals surface area contributed by atoms with E-state index in [0.717, 1.165) is 31.5 Å². The smallest absolute Gasteiger partial charge is 0.284 e. The molecule has 6 nitrogen and oxygen atoms in total. The van der Waals surface area contributed by atoms with E-state index >= 15 is 0 Å². The SMILES string of the molecule is CCCN(CCC)c1ccc(/C=N\NC(=O)C2COc3ccccc3O2)cc1. The molecule has 1 unspecified atom stereocenters. The lowest BCUT2D eigenvalue weighted by Crippen LogP contribution is -2.42. The Morgan fingerprint density at radius 2 is 1.79 bits per heavy atom. The fourth-order valence-corrected chi connectivity index (χ4v) is 3.07. The highest BCUT2D eigenvalue weighted by Crippen LogP contribution is 2.30. The maximum Gasteiger partial charge on any atom is 0.284 e. The summed E-state index contributed by atoms with van der Waals surface area (Å²) in [7, 11) is 0. The number of benzene rings is 2. The van der Waals surface area contributed by atoms with Crippen molar-refractivity contribution in [1.82, 2.24) is 5.43 Å². The minimum atomic E-state index is -0.717. The fourth-order valence-electron chi connectivity index (χ4n) is 3.07. The van der Waals surface area contributed by atoms with Gasteiger partial charge >= 0.3 is 0 Å². The Hall–Kier alpha value is -3.02. The highest BCUT2D eigenvalue weighted by atomic mass is 16.6. The molecule has 0 saturated heterocycles. The molecule has 3 rings (SSSR count). The van der Waals surface area contributed by atoms with Crippen molar-refractivity contribution in [2.24, 2.45) is 5.10 Å². The first-order valence-electron chi connectivity index (χ1n) is 9.77. The minimum absolute atomic E-state index is 0.164. The minimum Gasteiger partial charge on any atom is -0.485 e. The number of hydrogen-bond acceptors (Lipinski definition) is 5. The van der Waals surface area contributed by atoms with Gasteiger partial charge in [0.25, 0.3) is 5.91 Å². The number of carbonyl (C=O) groups is 1. The number of hydrogen-bond donors (Lipinski definition) is 1. The van der Waals surface area contributed by atoms with Gasteiger partial charge in [-0.05, 0) is 42.7 Å². The van der Waals surface area contributed by atoms with E-state index in [2.05, 4.69) is 41.4 Å². The Labute approximate surface area is 166 Å². The predicted octanol–water partition coefficient (Wildman–Crippen LogP) is 3.60. The molecule has 2 aromatic carbocycles. The number of hydrazone groups is 1. The van der Waals surface area contributed by atoms with Crippen molar-refractivity contribution in [3.05, 3.63) is 54.1 Å². The third-order valence-electron chi connectivity index (χ3n) is 4.43. The molecule has 28 heavy (non-hydrogen) atoms. The van der Waals surface area contributed by atoms with E-state index in [0.29, 0.717) is 11.5 Å². The number of rotatable bonds is 8. The van der Waals surface area contributed by atoms with Crippen LogP contribution in [0, 0.1) is 0 Å². The number of nitrogens with zero attached hydrogens (tertiary/aromatic N) is 2. The summed E-state index contributed by atoms with van der Waals surface area (Å²) < 4.78 is 11.2. The highest BCUT2D eigenvalue weighted by Gasteiger charge is 2.26. The van der Waals surface area contributed by atoms with Crippen molar-refractivity contribution >= 4 is 17.8 Å². The van der Waals surface area contributed by atoms with E-state index in [1.54, 1.807) is 12.3 Å². The van der Waals surface area contributed by atoms with E-state index in [1.807, 2.05) is 30.3 Å². The van der Waals surface area contributed by atoms with Crippen LogP contribution in [0.3, 0.4) is 0 Å². The highest BCUT2D eigenvalue weighted by molar-refractivity contribution is 5.85. The molecule has 0 aromatic heterocycles. The van der Waals surface area contributed by atoms with Crippen LogP contribution in [-0.4, -0.2) is 37.9 Å². The normalized spacial score (nSPS) is 15.4. The Morgan fingerprint density at radius 3 is 2.46 bits per heavy atom. The van der Waals surface area contributed by atoms with Gasteiger partial charge in [-0.2, -0.15) is 5.10 Å². The molecule has 0 bridgehead atoms. The molecule has 1 heterocycles. The fraction of sp³-hybridized carbons (Fsp3) is 0.364. The Balaban J connectivity index is 1.54. The average molecular weight is 381 g/mol. The van der Waals surface area contributed by atoms with Crippen LogP contribution in [0.25, 0.3) is 0 Å².